The molecule has 0 aliphatic carbocycles. The van der Waals surface area contributed by atoms with Crippen LogP contribution in [0.1, 0.15) is 195 Å². The number of carbonyl (C=O) groups is 2. The number of halogens is 1. The van der Waals surface area contributed by atoms with Crippen molar-refractivity contribution in [2.45, 2.75) is 207 Å². The Morgan fingerprint density at radius 2 is 0.857 bits per heavy atom. The van der Waals surface area contributed by atoms with E-state index in [2.05, 4.69) is 13.8 Å². The first kappa shape index (κ1) is 43.5. The van der Waals surface area contributed by atoms with Crippen LogP contribution in [0.5, 0.6) is 0 Å². The summed E-state index contributed by atoms with van der Waals surface area (Å²) >= 11 is 0. The normalized spacial score (nSPS) is 13.7. The van der Waals surface area contributed by atoms with E-state index in [9.17, 15) is 14.7 Å². The zero-order chi connectivity index (χ0) is 30.8. The van der Waals surface area contributed by atoms with Crippen LogP contribution < -0.4 is 5.73 Å². The molecule has 42 heavy (non-hydrogen) atoms. The Balaban J connectivity index is 0. The van der Waals surface area contributed by atoms with Crippen LogP contribution in [0.4, 0.5) is 0 Å². The van der Waals surface area contributed by atoms with Crippen LogP contribution in [0.15, 0.2) is 0 Å². The molecule has 2 unspecified atom stereocenters. The molecule has 0 amide bonds. The second-order valence-electron chi connectivity index (χ2n) is 12.6. The highest BCUT2D eigenvalue weighted by Crippen LogP contribution is 2.34. The molecule has 0 aliphatic rings. The molecule has 2 atom stereocenters. The number of esters is 2. The highest BCUT2D eigenvalue weighted by molar-refractivity contribution is 8.93. The molecule has 7 heteroatoms. The van der Waals surface area contributed by atoms with Gasteiger partial charge in [-0.1, -0.05) is 156 Å². The van der Waals surface area contributed by atoms with Gasteiger partial charge in [0.1, 0.15) is 5.72 Å². The lowest BCUT2D eigenvalue weighted by Gasteiger charge is -2.41. The Bertz CT molecular complexity index is 597. The van der Waals surface area contributed by atoms with E-state index in [1.807, 2.05) is 0 Å². The monoisotopic (exact) mass is 663 g/mol. The SMILES string of the molecule is Br.CCCCCCCCCCCCCC(=O)OC(CC)(OC(=O)CCCCCCCCCCCCC)C(C)C(C)(N)O. The summed E-state index contributed by atoms with van der Waals surface area (Å²) in [6, 6.07) is 0. The van der Waals surface area contributed by atoms with Crippen molar-refractivity contribution in [3.63, 3.8) is 0 Å². The van der Waals surface area contributed by atoms with E-state index < -0.39 is 29.4 Å². The van der Waals surface area contributed by atoms with Crippen molar-refractivity contribution in [2.24, 2.45) is 11.7 Å². The minimum Gasteiger partial charge on any atom is -0.422 e. The van der Waals surface area contributed by atoms with E-state index in [1.165, 1.54) is 110 Å². The molecule has 0 aromatic carbocycles. The maximum atomic E-state index is 12.8. The fourth-order valence-corrected chi connectivity index (χ4v) is 5.45. The predicted octanol–water partition coefficient (Wildman–Crippen LogP) is 10.5. The summed E-state index contributed by atoms with van der Waals surface area (Å²) in [5.74, 6) is -3.15. The third kappa shape index (κ3) is 22.8. The van der Waals surface area contributed by atoms with Crippen LogP contribution in [-0.2, 0) is 19.1 Å². The van der Waals surface area contributed by atoms with Crippen LogP contribution in [0, 0.1) is 5.92 Å². The van der Waals surface area contributed by atoms with E-state index in [0.29, 0.717) is 0 Å². The maximum absolute atomic E-state index is 12.8. The zero-order valence-corrected chi connectivity index (χ0v) is 30.0. The van der Waals surface area contributed by atoms with Crippen molar-refractivity contribution in [1.82, 2.24) is 0 Å². The van der Waals surface area contributed by atoms with Gasteiger partial charge < -0.3 is 20.3 Å². The second kappa shape index (κ2) is 27.9. The molecule has 0 radical (unpaired) electrons. The molecule has 0 saturated heterocycles. The quantitative estimate of drug-likeness (QED) is 0.0469. The number of aliphatic hydroxyl groups is 1. The number of hydrogen-bond donors (Lipinski definition) is 2. The number of ether oxygens (including phenoxy) is 2. The maximum Gasteiger partial charge on any atom is 0.309 e. The molecule has 0 aromatic heterocycles. The molecule has 0 saturated carbocycles. The minimum atomic E-state index is -1.66. The first-order valence-electron chi connectivity index (χ1n) is 17.6. The van der Waals surface area contributed by atoms with Gasteiger partial charge in [0.25, 0.3) is 5.79 Å². The van der Waals surface area contributed by atoms with E-state index in [0.717, 1.165) is 38.5 Å². The summed E-state index contributed by atoms with van der Waals surface area (Å²) < 4.78 is 11.6. The van der Waals surface area contributed by atoms with Crippen molar-refractivity contribution >= 4 is 28.9 Å². The van der Waals surface area contributed by atoms with Gasteiger partial charge in [-0.15, -0.1) is 17.0 Å². The smallest absolute Gasteiger partial charge is 0.309 e. The van der Waals surface area contributed by atoms with Crippen LogP contribution in [0.2, 0.25) is 0 Å². The molecule has 0 fully saturated rings. The van der Waals surface area contributed by atoms with Gasteiger partial charge in [-0.25, -0.2) is 0 Å². The molecular formula is C35H70BrNO5. The molecule has 252 valence electrons. The molecule has 0 aliphatic heterocycles. The lowest BCUT2D eigenvalue weighted by Crippen LogP contribution is -2.57. The molecule has 0 bridgehead atoms. The van der Waals surface area contributed by atoms with Crippen molar-refractivity contribution in [1.29, 1.82) is 0 Å². The molecular weight excluding hydrogens is 594 g/mol. The first-order valence-corrected chi connectivity index (χ1v) is 17.6. The molecule has 3 N–H and O–H groups in total. The standard InChI is InChI=1S/C35H69NO5.BrH/c1-6-9-11-13-15-17-19-21-23-25-27-29-32(37)40-35(8-3,31(4)34(5,36)39)41-33(38)30-28-26-24-22-20-18-16-14-12-10-7-2;/h31,39H,6-30,36H2,1-5H3;1H. The van der Waals surface area contributed by atoms with Crippen LogP contribution >= 0.6 is 17.0 Å². The van der Waals surface area contributed by atoms with Crippen LogP contribution in [0.3, 0.4) is 0 Å². The van der Waals surface area contributed by atoms with Gasteiger partial charge in [-0.3, -0.25) is 9.59 Å². The van der Waals surface area contributed by atoms with Gasteiger partial charge in [0.15, 0.2) is 0 Å². The molecule has 0 heterocycles. The van der Waals surface area contributed by atoms with Gasteiger partial charge in [0.2, 0.25) is 0 Å². The number of rotatable bonds is 29. The van der Waals surface area contributed by atoms with Gasteiger partial charge in [0.05, 0.1) is 5.92 Å². The third-order valence-corrected chi connectivity index (χ3v) is 8.57. The van der Waals surface area contributed by atoms with E-state index in [1.54, 1.807) is 13.8 Å². The van der Waals surface area contributed by atoms with Gasteiger partial charge in [-0.05, 0) is 19.8 Å². The van der Waals surface area contributed by atoms with E-state index in [4.69, 9.17) is 15.2 Å². The number of unbranched alkanes of at least 4 members (excludes halogenated alkanes) is 20. The van der Waals surface area contributed by atoms with Crippen molar-refractivity contribution in [2.75, 3.05) is 0 Å². The lowest BCUT2D eigenvalue weighted by atomic mass is 9.88. The summed E-state index contributed by atoms with van der Waals surface area (Å²) in [6.07, 6.45) is 27.3. The van der Waals surface area contributed by atoms with Crippen LogP contribution in [0.25, 0.3) is 0 Å². The zero-order valence-electron chi connectivity index (χ0n) is 28.3. The predicted molar refractivity (Wildman–Crippen MR) is 182 cm³/mol. The van der Waals surface area contributed by atoms with Gasteiger partial charge in [0, 0.05) is 19.3 Å². The van der Waals surface area contributed by atoms with Crippen molar-refractivity contribution < 1.29 is 24.2 Å². The van der Waals surface area contributed by atoms with Crippen molar-refractivity contribution in [3.8, 4) is 0 Å². The number of carbonyl (C=O) groups excluding carboxylic acids is 2. The topological polar surface area (TPSA) is 98.9 Å². The number of nitrogens with two attached hydrogens (primary N) is 1. The fraction of sp³-hybridized carbons (Fsp3) is 0.943. The summed E-state index contributed by atoms with van der Waals surface area (Å²) in [4.78, 5) is 25.6. The lowest BCUT2D eigenvalue weighted by molar-refractivity contribution is -0.267. The highest BCUT2D eigenvalue weighted by atomic mass is 79.9. The summed E-state index contributed by atoms with van der Waals surface area (Å²) in [5, 5.41) is 10.5. The average molecular weight is 665 g/mol. The Hall–Kier alpha value is -0.660. The third-order valence-electron chi connectivity index (χ3n) is 8.57. The summed E-state index contributed by atoms with van der Waals surface area (Å²) in [6.45, 7) is 9.42. The van der Waals surface area contributed by atoms with E-state index >= 15 is 0 Å². The first-order chi connectivity index (χ1) is 19.6. The van der Waals surface area contributed by atoms with E-state index in [-0.39, 0.29) is 36.2 Å². The van der Waals surface area contributed by atoms with Gasteiger partial charge in [-0.2, -0.15) is 0 Å². The Morgan fingerprint density at radius 3 is 1.10 bits per heavy atom. The molecule has 6 nitrogen and oxygen atoms in total. The fourth-order valence-electron chi connectivity index (χ4n) is 5.45. The summed E-state index contributed by atoms with van der Waals surface area (Å²) in [7, 11) is 0. The second-order valence-corrected chi connectivity index (χ2v) is 12.6. The Morgan fingerprint density at radius 1 is 0.595 bits per heavy atom. The van der Waals surface area contributed by atoms with Crippen molar-refractivity contribution in [3.05, 3.63) is 0 Å². The minimum absolute atomic E-state index is 0. The molecule has 0 spiro atoms. The van der Waals surface area contributed by atoms with Gasteiger partial charge >= 0.3 is 11.9 Å². The summed E-state index contributed by atoms with van der Waals surface area (Å²) in [5.41, 5.74) is 4.33. The Kier molecular flexibility index (Phi) is 28.8. The number of hydrogen-bond acceptors (Lipinski definition) is 6. The molecule has 0 rings (SSSR count). The highest BCUT2D eigenvalue weighted by Gasteiger charge is 2.49. The Labute approximate surface area is 270 Å². The average Bonchev–Trinajstić information content (AvgIpc) is 2.93. The van der Waals surface area contributed by atoms with Crippen LogP contribution in [-0.4, -0.2) is 28.6 Å². The largest absolute Gasteiger partial charge is 0.422 e. The molecule has 0 aromatic rings.